The second-order valence-electron chi connectivity index (χ2n) is 4.33. The smallest absolute Gasteiger partial charge is 0.130 e. The van der Waals surface area contributed by atoms with E-state index >= 15 is 0 Å². The average molecular weight is 251 g/mol. The lowest BCUT2D eigenvalue weighted by Crippen LogP contribution is -1.91. The van der Waals surface area contributed by atoms with Crippen LogP contribution in [0, 0.1) is 6.92 Å². The maximum absolute atomic E-state index is 5.85. The molecule has 0 atom stereocenters. The summed E-state index contributed by atoms with van der Waals surface area (Å²) in [7, 11) is 0. The molecule has 19 heavy (non-hydrogen) atoms. The molecule has 0 amide bonds. The Morgan fingerprint density at radius 2 is 1.74 bits per heavy atom. The summed E-state index contributed by atoms with van der Waals surface area (Å²) in [6.07, 6.45) is 3.34. The number of benzene rings is 2. The molecule has 0 unspecified atom stereocenters. The Balaban J connectivity index is 1.96. The zero-order valence-corrected chi connectivity index (χ0v) is 10.5. The Morgan fingerprint density at radius 1 is 0.947 bits per heavy atom. The van der Waals surface area contributed by atoms with Gasteiger partial charge in [-0.1, -0.05) is 0 Å². The standard InChI is InChI=1S/C15H13N3O/c1-10-8-11(16)2-5-15(10)19-12-3-4-13-14(9-12)18-7-6-17-13/h2-9H,16H2,1H3. The molecule has 0 aliphatic heterocycles. The summed E-state index contributed by atoms with van der Waals surface area (Å²) >= 11 is 0. The van der Waals surface area contributed by atoms with Gasteiger partial charge in [-0.25, -0.2) is 0 Å². The predicted octanol–water partition coefficient (Wildman–Crippen LogP) is 3.31. The minimum atomic E-state index is 0.731. The molecule has 1 heterocycles. The maximum atomic E-state index is 5.85. The molecule has 2 aromatic carbocycles. The molecule has 0 bridgehead atoms. The monoisotopic (exact) mass is 251 g/mol. The van der Waals surface area contributed by atoms with E-state index in [0.29, 0.717) is 0 Å². The van der Waals surface area contributed by atoms with Crippen LogP contribution >= 0.6 is 0 Å². The summed E-state index contributed by atoms with van der Waals surface area (Å²) < 4.78 is 5.85. The SMILES string of the molecule is Cc1cc(N)ccc1Oc1ccc2nccnc2c1. The van der Waals surface area contributed by atoms with Gasteiger partial charge in [-0.3, -0.25) is 9.97 Å². The number of nitrogen functional groups attached to an aromatic ring is 1. The first-order valence-electron chi connectivity index (χ1n) is 5.97. The van der Waals surface area contributed by atoms with Crippen LogP contribution in [0.2, 0.25) is 0 Å². The van der Waals surface area contributed by atoms with Crippen LogP contribution in [0.5, 0.6) is 11.5 Å². The summed E-state index contributed by atoms with van der Waals surface area (Å²) in [5, 5.41) is 0. The first kappa shape index (κ1) is 11.5. The predicted molar refractivity (Wildman–Crippen MR) is 75.2 cm³/mol. The van der Waals surface area contributed by atoms with Gasteiger partial charge in [0.2, 0.25) is 0 Å². The Hall–Kier alpha value is -2.62. The highest BCUT2D eigenvalue weighted by molar-refractivity contribution is 5.75. The van der Waals surface area contributed by atoms with Crippen molar-refractivity contribution < 1.29 is 4.74 Å². The molecule has 94 valence electrons. The van der Waals surface area contributed by atoms with E-state index in [1.807, 2.05) is 43.3 Å². The fraction of sp³-hybridized carbons (Fsp3) is 0.0667. The number of fused-ring (bicyclic) bond motifs is 1. The number of nitrogens with zero attached hydrogens (tertiary/aromatic N) is 2. The van der Waals surface area contributed by atoms with Crippen molar-refractivity contribution in [3.63, 3.8) is 0 Å². The zero-order chi connectivity index (χ0) is 13.2. The molecular weight excluding hydrogens is 238 g/mol. The first-order chi connectivity index (χ1) is 9.22. The highest BCUT2D eigenvalue weighted by Crippen LogP contribution is 2.27. The van der Waals surface area contributed by atoms with Gasteiger partial charge < -0.3 is 10.5 Å². The lowest BCUT2D eigenvalue weighted by atomic mass is 10.2. The molecule has 0 spiro atoms. The van der Waals surface area contributed by atoms with E-state index < -0.39 is 0 Å². The molecule has 0 saturated heterocycles. The lowest BCUT2D eigenvalue weighted by Gasteiger charge is -2.09. The van der Waals surface area contributed by atoms with Crippen LogP contribution in [0.15, 0.2) is 48.8 Å². The van der Waals surface area contributed by atoms with Gasteiger partial charge in [0, 0.05) is 24.1 Å². The molecule has 0 aliphatic carbocycles. The molecule has 0 aliphatic rings. The third kappa shape index (κ3) is 2.33. The largest absolute Gasteiger partial charge is 0.457 e. The molecular formula is C15H13N3O. The third-order valence-electron chi connectivity index (χ3n) is 2.87. The Morgan fingerprint density at radius 3 is 2.53 bits per heavy atom. The Kier molecular flexibility index (Phi) is 2.76. The fourth-order valence-electron chi connectivity index (χ4n) is 1.92. The summed E-state index contributed by atoms with van der Waals surface area (Å²) in [4.78, 5) is 8.48. The molecule has 0 fully saturated rings. The fourth-order valence-corrected chi connectivity index (χ4v) is 1.92. The van der Waals surface area contributed by atoms with E-state index in [9.17, 15) is 0 Å². The van der Waals surface area contributed by atoms with E-state index in [1.165, 1.54) is 0 Å². The van der Waals surface area contributed by atoms with Crippen molar-refractivity contribution in [2.24, 2.45) is 0 Å². The van der Waals surface area contributed by atoms with Gasteiger partial charge in [-0.15, -0.1) is 0 Å². The van der Waals surface area contributed by atoms with E-state index in [4.69, 9.17) is 10.5 Å². The van der Waals surface area contributed by atoms with Crippen LogP contribution < -0.4 is 10.5 Å². The van der Waals surface area contributed by atoms with Gasteiger partial charge in [0.05, 0.1) is 11.0 Å². The number of hydrogen-bond acceptors (Lipinski definition) is 4. The van der Waals surface area contributed by atoms with Crippen molar-refractivity contribution in [2.45, 2.75) is 6.92 Å². The molecule has 3 aromatic rings. The van der Waals surface area contributed by atoms with E-state index in [2.05, 4.69) is 9.97 Å². The summed E-state index contributed by atoms with van der Waals surface area (Å²) in [6.45, 7) is 1.96. The van der Waals surface area contributed by atoms with E-state index in [0.717, 1.165) is 33.8 Å². The highest BCUT2D eigenvalue weighted by atomic mass is 16.5. The number of aryl methyl sites for hydroxylation is 1. The van der Waals surface area contributed by atoms with Crippen LogP contribution in [0.3, 0.4) is 0 Å². The second kappa shape index (κ2) is 4.57. The molecule has 0 saturated carbocycles. The molecule has 4 heteroatoms. The number of nitrogens with two attached hydrogens (primary N) is 1. The summed E-state index contributed by atoms with van der Waals surface area (Å²) in [6, 6.07) is 11.2. The number of aromatic nitrogens is 2. The van der Waals surface area contributed by atoms with Crippen molar-refractivity contribution in [3.8, 4) is 11.5 Å². The van der Waals surface area contributed by atoms with Crippen molar-refractivity contribution in [1.29, 1.82) is 0 Å². The van der Waals surface area contributed by atoms with Crippen molar-refractivity contribution in [2.75, 3.05) is 5.73 Å². The minimum absolute atomic E-state index is 0.731. The van der Waals surface area contributed by atoms with Gasteiger partial charge in [-0.05, 0) is 42.8 Å². The summed E-state index contributed by atoms with van der Waals surface area (Å²) in [5.41, 5.74) is 9.12. The average Bonchev–Trinajstić information content (AvgIpc) is 2.42. The van der Waals surface area contributed by atoms with Gasteiger partial charge in [0.25, 0.3) is 0 Å². The van der Waals surface area contributed by atoms with Crippen LogP contribution in [-0.4, -0.2) is 9.97 Å². The quantitative estimate of drug-likeness (QED) is 0.710. The van der Waals surface area contributed by atoms with Gasteiger partial charge in [-0.2, -0.15) is 0 Å². The van der Waals surface area contributed by atoms with Crippen LogP contribution in [0.25, 0.3) is 11.0 Å². The zero-order valence-electron chi connectivity index (χ0n) is 10.5. The third-order valence-corrected chi connectivity index (χ3v) is 2.87. The Bertz CT molecular complexity index is 740. The van der Waals surface area contributed by atoms with Gasteiger partial charge in [0.1, 0.15) is 11.5 Å². The van der Waals surface area contributed by atoms with Crippen LogP contribution in [0.1, 0.15) is 5.56 Å². The minimum Gasteiger partial charge on any atom is -0.457 e. The van der Waals surface area contributed by atoms with Crippen LogP contribution in [0.4, 0.5) is 5.69 Å². The highest BCUT2D eigenvalue weighted by Gasteiger charge is 2.03. The molecule has 2 N–H and O–H groups in total. The van der Waals surface area contributed by atoms with Gasteiger partial charge in [0.15, 0.2) is 0 Å². The second-order valence-corrected chi connectivity index (χ2v) is 4.33. The number of anilines is 1. The lowest BCUT2D eigenvalue weighted by molar-refractivity contribution is 0.479. The Labute approximate surface area is 110 Å². The van der Waals surface area contributed by atoms with Crippen molar-refractivity contribution >= 4 is 16.7 Å². The van der Waals surface area contributed by atoms with E-state index in [-0.39, 0.29) is 0 Å². The maximum Gasteiger partial charge on any atom is 0.130 e. The molecule has 1 aromatic heterocycles. The summed E-state index contributed by atoms with van der Waals surface area (Å²) in [5.74, 6) is 1.53. The molecule has 0 radical (unpaired) electrons. The topological polar surface area (TPSA) is 61.0 Å². The van der Waals surface area contributed by atoms with Crippen molar-refractivity contribution in [1.82, 2.24) is 9.97 Å². The number of rotatable bonds is 2. The normalized spacial score (nSPS) is 10.6. The van der Waals surface area contributed by atoms with Gasteiger partial charge >= 0.3 is 0 Å². The molecule has 3 rings (SSSR count). The number of hydrogen-bond donors (Lipinski definition) is 1. The number of ether oxygens (including phenoxy) is 1. The van der Waals surface area contributed by atoms with E-state index in [1.54, 1.807) is 12.4 Å². The van der Waals surface area contributed by atoms with Crippen molar-refractivity contribution in [3.05, 3.63) is 54.4 Å². The van der Waals surface area contributed by atoms with Crippen LogP contribution in [-0.2, 0) is 0 Å². The molecule has 4 nitrogen and oxygen atoms in total. The first-order valence-corrected chi connectivity index (χ1v) is 5.97.